The molecule has 0 saturated heterocycles. The minimum absolute atomic E-state index is 0.104. The Balaban J connectivity index is 2.59. The fourth-order valence-corrected chi connectivity index (χ4v) is 1.18. The molecule has 1 aromatic rings. The zero-order valence-electron chi connectivity index (χ0n) is 10.5. The van der Waals surface area contributed by atoms with E-state index in [0.717, 1.165) is 0 Å². The molecule has 0 aliphatic heterocycles. The fourth-order valence-electron chi connectivity index (χ4n) is 1.15. The van der Waals surface area contributed by atoms with E-state index in [-0.39, 0.29) is 5.17 Å². The first kappa shape index (κ1) is 15.0. The van der Waals surface area contributed by atoms with Crippen molar-refractivity contribution in [3.05, 3.63) is 29.8 Å². The van der Waals surface area contributed by atoms with E-state index in [1.807, 2.05) is 0 Å². The Morgan fingerprint density at radius 1 is 1.32 bits per heavy atom. The summed E-state index contributed by atoms with van der Waals surface area (Å²) in [5, 5.41) is 5.81. The molecule has 0 aliphatic rings. The van der Waals surface area contributed by atoms with Crippen molar-refractivity contribution in [1.29, 1.82) is 0 Å². The molecule has 7 heteroatoms. The van der Waals surface area contributed by atoms with Gasteiger partial charge in [-0.1, -0.05) is 16.8 Å². The quantitative estimate of drug-likeness (QED) is 0.399. The molecule has 1 amide bonds. The van der Waals surface area contributed by atoms with Gasteiger partial charge in [0.2, 0.25) is 0 Å². The van der Waals surface area contributed by atoms with Crippen molar-refractivity contribution in [2.45, 2.75) is 13.8 Å². The minimum atomic E-state index is -0.774. The molecule has 1 N–H and O–H groups in total. The summed E-state index contributed by atoms with van der Waals surface area (Å²) in [4.78, 5) is 27.1. The lowest BCUT2D eigenvalue weighted by Gasteiger charge is -2.04. The Morgan fingerprint density at radius 3 is 2.47 bits per heavy atom. The summed E-state index contributed by atoms with van der Waals surface area (Å²) in [6.45, 7) is 3.51. The van der Waals surface area contributed by atoms with E-state index >= 15 is 0 Å². The number of hydrogen-bond donors (Lipinski definition) is 1. The van der Waals surface area contributed by atoms with Crippen LogP contribution in [0.2, 0.25) is 0 Å². The van der Waals surface area contributed by atoms with Gasteiger partial charge in [0.25, 0.3) is 0 Å². The molecule has 0 aromatic heterocycles. The fraction of sp³-hybridized carbons (Fsp3) is 0.250. The third-order valence-electron chi connectivity index (χ3n) is 1.90. The number of halogens is 1. The average Bonchev–Trinajstić information content (AvgIpc) is 2.37. The van der Waals surface area contributed by atoms with Crippen LogP contribution in [0.3, 0.4) is 0 Å². The first-order valence-electron chi connectivity index (χ1n) is 5.48. The Labute approximate surface area is 115 Å². The highest BCUT2D eigenvalue weighted by molar-refractivity contribution is 6.64. The summed E-state index contributed by atoms with van der Waals surface area (Å²) in [6, 6.07) is 6.16. The minimum Gasteiger partial charge on any atom is -0.462 e. The van der Waals surface area contributed by atoms with E-state index in [1.165, 1.54) is 19.1 Å². The maximum absolute atomic E-state index is 11.4. The van der Waals surface area contributed by atoms with Crippen LogP contribution in [0.25, 0.3) is 0 Å². The molecule has 102 valence electrons. The molecule has 0 atom stereocenters. The largest absolute Gasteiger partial charge is 0.462 e. The maximum Gasteiger partial charge on any atom is 0.437 e. The van der Waals surface area contributed by atoms with Crippen LogP contribution in [0.4, 0.5) is 10.5 Å². The summed E-state index contributed by atoms with van der Waals surface area (Å²) in [7, 11) is 0. The lowest BCUT2D eigenvalue weighted by molar-refractivity contribution is 0.0526. The first-order chi connectivity index (χ1) is 9.02. The average molecular weight is 285 g/mol. The van der Waals surface area contributed by atoms with Crippen LogP contribution in [0.15, 0.2) is 29.4 Å². The van der Waals surface area contributed by atoms with Crippen LogP contribution in [0, 0.1) is 0 Å². The van der Waals surface area contributed by atoms with Crippen LogP contribution >= 0.6 is 11.6 Å². The number of nitrogens with one attached hydrogen (secondary N) is 1. The number of esters is 1. The lowest BCUT2D eigenvalue weighted by Crippen LogP contribution is -2.11. The highest BCUT2D eigenvalue weighted by Gasteiger charge is 2.07. The molecule has 0 unspecified atom stereocenters. The Hall–Kier alpha value is -2.08. The van der Waals surface area contributed by atoms with Crippen LogP contribution in [0.1, 0.15) is 24.2 Å². The molecule has 0 bridgehead atoms. The van der Waals surface area contributed by atoms with Crippen LogP contribution < -0.4 is 5.32 Å². The number of hydrogen-bond acceptors (Lipinski definition) is 5. The second-order valence-corrected chi connectivity index (χ2v) is 3.94. The highest BCUT2D eigenvalue weighted by atomic mass is 35.5. The van der Waals surface area contributed by atoms with Gasteiger partial charge in [-0.3, -0.25) is 10.2 Å². The van der Waals surface area contributed by atoms with Gasteiger partial charge in [-0.2, -0.15) is 0 Å². The first-order valence-corrected chi connectivity index (χ1v) is 5.86. The van der Waals surface area contributed by atoms with Crippen LogP contribution in [-0.4, -0.2) is 23.8 Å². The van der Waals surface area contributed by atoms with E-state index in [1.54, 1.807) is 19.1 Å². The van der Waals surface area contributed by atoms with Crippen molar-refractivity contribution in [2.75, 3.05) is 11.9 Å². The van der Waals surface area contributed by atoms with Gasteiger partial charge in [0.15, 0.2) is 0 Å². The van der Waals surface area contributed by atoms with Crippen molar-refractivity contribution in [1.82, 2.24) is 0 Å². The molecule has 1 aromatic carbocycles. The number of carbonyl (C=O) groups is 2. The van der Waals surface area contributed by atoms with E-state index in [4.69, 9.17) is 16.3 Å². The number of nitrogens with zero attached hydrogens (tertiary/aromatic N) is 1. The number of benzene rings is 1. The molecule has 0 heterocycles. The van der Waals surface area contributed by atoms with E-state index in [2.05, 4.69) is 15.3 Å². The maximum atomic E-state index is 11.4. The summed E-state index contributed by atoms with van der Waals surface area (Å²) < 4.78 is 4.83. The smallest absolute Gasteiger partial charge is 0.437 e. The molecular formula is C12H13ClN2O4. The third kappa shape index (κ3) is 5.39. The van der Waals surface area contributed by atoms with Crippen molar-refractivity contribution >= 4 is 34.5 Å². The number of amides is 1. The Morgan fingerprint density at radius 2 is 1.95 bits per heavy atom. The third-order valence-corrected chi connectivity index (χ3v) is 1.97. The molecule has 0 aliphatic carbocycles. The number of rotatable bonds is 4. The highest BCUT2D eigenvalue weighted by Crippen LogP contribution is 2.11. The number of carbonyl (C=O) groups excluding carboxylic acids is 2. The summed E-state index contributed by atoms with van der Waals surface area (Å²) in [5.41, 5.74) is 0.857. The Bertz CT molecular complexity index is 481. The van der Waals surface area contributed by atoms with Crippen molar-refractivity contribution in [2.24, 2.45) is 5.16 Å². The molecule has 1 rings (SSSR count). The molecule has 0 saturated carbocycles. The lowest BCUT2D eigenvalue weighted by atomic mass is 10.2. The SMILES string of the molecule is CCOC(=O)c1ccc(NC(=O)O/N=C(/C)Cl)cc1. The summed E-state index contributed by atoms with van der Waals surface area (Å²) in [6.07, 6.45) is -0.774. The van der Waals surface area contributed by atoms with Gasteiger partial charge in [0, 0.05) is 5.69 Å². The van der Waals surface area contributed by atoms with Crippen molar-refractivity contribution in [3.63, 3.8) is 0 Å². The van der Waals surface area contributed by atoms with Crippen LogP contribution in [-0.2, 0) is 9.57 Å². The molecule has 0 spiro atoms. The zero-order chi connectivity index (χ0) is 14.3. The molecular weight excluding hydrogens is 272 g/mol. The number of oxime groups is 1. The Kier molecular flexibility index (Phi) is 5.81. The topological polar surface area (TPSA) is 77.0 Å². The van der Waals surface area contributed by atoms with Gasteiger partial charge in [0.1, 0.15) is 5.17 Å². The van der Waals surface area contributed by atoms with E-state index < -0.39 is 12.1 Å². The predicted octanol–water partition coefficient (Wildman–Crippen LogP) is 2.98. The molecule has 19 heavy (non-hydrogen) atoms. The second-order valence-electron chi connectivity index (χ2n) is 3.39. The van der Waals surface area contributed by atoms with Gasteiger partial charge in [0.05, 0.1) is 12.2 Å². The van der Waals surface area contributed by atoms with Crippen molar-refractivity contribution in [3.8, 4) is 0 Å². The van der Waals surface area contributed by atoms with Crippen LogP contribution in [0.5, 0.6) is 0 Å². The number of ether oxygens (including phenoxy) is 1. The van der Waals surface area contributed by atoms with Gasteiger partial charge >= 0.3 is 12.1 Å². The normalized spacial score (nSPS) is 10.8. The molecule has 0 radical (unpaired) electrons. The van der Waals surface area contributed by atoms with Gasteiger partial charge < -0.3 is 4.74 Å². The standard InChI is InChI=1S/C12H13ClN2O4/c1-3-18-11(16)9-4-6-10(7-5-9)14-12(17)19-15-8(2)13/h4-7H,3H2,1-2H3,(H,14,17)/b15-8-. The van der Waals surface area contributed by atoms with E-state index in [0.29, 0.717) is 17.9 Å². The second kappa shape index (κ2) is 7.38. The summed E-state index contributed by atoms with van der Waals surface area (Å²) >= 11 is 5.40. The summed E-state index contributed by atoms with van der Waals surface area (Å²) in [5.74, 6) is -0.418. The monoisotopic (exact) mass is 284 g/mol. The molecule has 6 nitrogen and oxygen atoms in total. The predicted molar refractivity (Wildman–Crippen MR) is 71.5 cm³/mol. The van der Waals surface area contributed by atoms with Crippen molar-refractivity contribution < 1.29 is 19.2 Å². The van der Waals surface area contributed by atoms with Gasteiger partial charge in [-0.15, -0.1) is 0 Å². The van der Waals surface area contributed by atoms with Gasteiger partial charge in [-0.25, -0.2) is 9.59 Å². The zero-order valence-corrected chi connectivity index (χ0v) is 11.2. The number of anilines is 1. The molecule has 0 fully saturated rings. The van der Waals surface area contributed by atoms with E-state index in [9.17, 15) is 9.59 Å². The van der Waals surface area contributed by atoms with Gasteiger partial charge in [-0.05, 0) is 38.1 Å².